The van der Waals surface area contributed by atoms with E-state index >= 15 is 0 Å². The number of halogens is 9. The largest absolute Gasteiger partial charge is 0.457 e. The number of rotatable bonds is 17. The SMILES string of the molecule is CCCCCCCCCCCCCCCCCC(F)(C(F)(F)F)C(F)(F)C(F)(F)F. The Hall–Kier alpha value is -0.630. The molecule has 0 bridgehead atoms. The third-order valence-electron chi connectivity index (χ3n) is 5.43. The van der Waals surface area contributed by atoms with E-state index < -0.39 is 36.8 Å². The summed E-state index contributed by atoms with van der Waals surface area (Å²) in [5.41, 5.74) is -5.60. The first-order chi connectivity index (χ1) is 13.8. The highest BCUT2D eigenvalue weighted by Crippen LogP contribution is 2.54. The molecule has 1 unspecified atom stereocenters. The summed E-state index contributed by atoms with van der Waals surface area (Å²) in [6.07, 6.45) is -1.96. The lowest BCUT2D eigenvalue weighted by atomic mass is 9.89. The molecule has 0 rings (SSSR count). The molecule has 1 atom stereocenters. The molecular weight excluding hydrogens is 423 g/mol. The minimum absolute atomic E-state index is 0.0204. The van der Waals surface area contributed by atoms with Crippen molar-refractivity contribution in [2.45, 2.75) is 134 Å². The Morgan fingerprint density at radius 2 is 0.700 bits per heavy atom. The zero-order valence-electron chi connectivity index (χ0n) is 17.7. The van der Waals surface area contributed by atoms with Gasteiger partial charge in [0.25, 0.3) is 5.67 Å². The molecule has 0 fully saturated rings. The van der Waals surface area contributed by atoms with Crippen LogP contribution in [0.1, 0.15) is 110 Å². The minimum atomic E-state index is -6.60. The molecule has 0 aromatic rings. The molecule has 0 aliphatic carbocycles. The van der Waals surface area contributed by atoms with Crippen LogP contribution in [-0.2, 0) is 0 Å². The molecule has 30 heavy (non-hydrogen) atoms. The van der Waals surface area contributed by atoms with Gasteiger partial charge in [-0.2, -0.15) is 35.1 Å². The highest BCUT2D eigenvalue weighted by molar-refractivity contribution is 5.03. The van der Waals surface area contributed by atoms with Gasteiger partial charge < -0.3 is 0 Å². The minimum Gasteiger partial charge on any atom is -0.227 e. The Morgan fingerprint density at radius 1 is 0.400 bits per heavy atom. The smallest absolute Gasteiger partial charge is 0.227 e. The lowest BCUT2D eigenvalue weighted by Crippen LogP contribution is -2.62. The second-order valence-electron chi connectivity index (χ2n) is 8.07. The zero-order valence-corrected chi connectivity index (χ0v) is 17.7. The van der Waals surface area contributed by atoms with Gasteiger partial charge in [-0.25, -0.2) is 4.39 Å². The van der Waals surface area contributed by atoms with Crippen molar-refractivity contribution in [3.63, 3.8) is 0 Å². The normalized spacial score (nSPS) is 15.4. The predicted octanol–water partition coefficient (Wildman–Crippen LogP) is 9.72. The third-order valence-corrected chi connectivity index (χ3v) is 5.43. The molecule has 0 nitrogen and oxygen atoms in total. The van der Waals surface area contributed by atoms with E-state index in [1.807, 2.05) is 0 Å². The fraction of sp³-hybridized carbons (Fsp3) is 1.00. The van der Waals surface area contributed by atoms with Crippen LogP contribution < -0.4 is 0 Å². The third kappa shape index (κ3) is 9.67. The highest BCUT2D eigenvalue weighted by atomic mass is 19.4. The van der Waals surface area contributed by atoms with Crippen LogP contribution in [0.25, 0.3) is 0 Å². The Balaban J connectivity index is 3.95. The van der Waals surface area contributed by atoms with Crippen molar-refractivity contribution in [3.8, 4) is 0 Å². The highest BCUT2D eigenvalue weighted by Gasteiger charge is 2.80. The Labute approximate surface area is 174 Å². The summed E-state index contributed by atoms with van der Waals surface area (Å²) in [6, 6.07) is 0. The topological polar surface area (TPSA) is 0 Å². The lowest BCUT2D eigenvalue weighted by Gasteiger charge is -2.35. The number of hydrogen-bond donors (Lipinski definition) is 0. The summed E-state index contributed by atoms with van der Waals surface area (Å²) >= 11 is 0. The van der Waals surface area contributed by atoms with E-state index in [1.165, 1.54) is 38.5 Å². The Kier molecular flexibility index (Phi) is 13.4. The van der Waals surface area contributed by atoms with Crippen molar-refractivity contribution < 1.29 is 39.5 Å². The number of alkyl halides is 9. The summed E-state index contributed by atoms with van der Waals surface area (Å²) in [6.45, 7) is 2.17. The van der Waals surface area contributed by atoms with Crippen molar-refractivity contribution in [2.75, 3.05) is 0 Å². The zero-order chi connectivity index (χ0) is 23.3. The first kappa shape index (κ1) is 29.4. The molecule has 0 amide bonds. The van der Waals surface area contributed by atoms with Crippen molar-refractivity contribution >= 4 is 0 Å². The summed E-state index contributed by atoms with van der Waals surface area (Å²) in [5.74, 6) is -6.48. The van der Waals surface area contributed by atoms with Crippen molar-refractivity contribution in [3.05, 3.63) is 0 Å². The molecule has 0 spiro atoms. The van der Waals surface area contributed by atoms with Gasteiger partial charge in [-0.15, -0.1) is 0 Å². The van der Waals surface area contributed by atoms with Gasteiger partial charge in [-0.1, -0.05) is 96.8 Å². The van der Waals surface area contributed by atoms with Gasteiger partial charge in [-0.05, 0) is 12.8 Å². The van der Waals surface area contributed by atoms with E-state index in [1.54, 1.807) is 0 Å². The maximum Gasteiger partial charge on any atom is 0.457 e. The average molecular weight is 458 g/mol. The maximum atomic E-state index is 13.8. The quantitative estimate of drug-likeness (QED) is 0.150. The van der Waals surface area contributed by atoms with Crippen molar-refractivity contribution in [1.82, 2.24) is 0 Å². The van der Waals surface area contributed by atoms with Gasteiger partial charge in [0.2, 0.25) is 0 Å². The van der Waals surface area contributed by atoms with Gasteiger partial charge >= 0.3 is 18.3 Å². The molecule has 0 aliphatic rings. The standard InChI is InChI=1S/C21H35F9/c1-2-3-4-5-6-7-8-9-10-11-12-13-14-15-16-17-18(22,20(25,26)27)19(23,24)21(28,29)30/h2-17H2,1H3. The second-order valence-corrected chi connectivity index (χ2v) is 8.07. The first-order valence-electron chi connectivity index (χ1n) is 11.0. The van der Waals surface area contributed by atoms with Gasteiger partial charge in [0.15, 0.2) is 0 Å². The van der Waals surface area contributed by atoms with Crippen LogP contribution in [0.4, 0.5) is 39.5 Å². The summed E-state index contributed by atoms with van der Waals surface area (Å²) < 4.78 is 115. The maximum absolute atomic E-state index is 13.8. The van der Waals surface area contributed by atoms with Gasteiger partial charge in [-0.3, -0.25) is 0 Å². The second kappa shape index (κ2) is 13.7. The van der Waals surface area contributed by atoms with Crippen LogP contribution in [0, 0.1) is 0 Å². The molecule has 0 aromatic heterocycles. The molecule has 0 N–H and O–H groups in total. The first-order valence-corrected chi connectivity index (χ1v) is 11.0. The fourth-order valence-electron chi connectivity index (χ4n) is 3.44. The van der Waals surface area contributed by atoms with Crippen molar-refractivity contribution in [1.29, 1.82) is 0 Å². The average Bonchev–Trinajstić information content (AvgIpc) is 2.62. The summed E-state index contributed by atoms with van der Waals surface area (Å²) in [5, 5.41) is 0. The van der Waals surface area contributed by atoms with Gasteiger partial charge in [0.05, 0.1) is 0 Å². The van der Waals surface area contributed by atoms with E-state index in [2.05, 4.69) is 6.92 Å². The van der Waals surface area contributed by atoms with E-state index in [0.29, 0.717) is 12.8 Å². The van der Waals surface area contributed by atoms with E-state index in [-0.39, 0.29) is 6.42 Å². The van der Waals surface area contributed by atoms with Crippen LogP contribution >= 0.6 is 0 Å². The molecule has 0 aliphatic heterocycles. The van der Waals surface area contributed by atoms with E-state index in [4.69, 9.17) is 0 Å². The Bertz CT molecular complexity index is 429. The number of unbranched alkanes of at least 4 members (excludes halogenated alkanes) is 14. The van der Waals surface area contributed by atoms with Crippen LogP contribution in [0.15, 0.2) is 0 Å². The molecule has 182 valence electrons. The van der Waals surface area contributed by atoms with Crippen LogP contribution in [0.5, 0.6) is 0 Å². The Morgan fingerprint density at radius 3 is 0.967 bits per heavy atom. The van der Waals surface area contributed by atoms with Crippen molar-refractivity contribution in [2.24, 2.45) is 0 Å². The summed E-state index contributed by atoms with van der Waals surface area (Å²) in [4.78, 5) is 0. The fourth-order valence-corrected chi connectivity index (χ4v) is 3.44. The van der Waals surface area contributed by atoms with Crippen LogP contribution in [-0.4, -0.2) is 23.9 Å². The monoisotopic (exact) mass is 458 g/mol. The molecule has 0 saturated heterocycles. The lowest BCUT2D eigenvalue weighted by molar-refractivity contribution is -0.384. The predicted molar refractivity (Wildman–Crippen MR) is 100 cm³/mol. The molecule has 0 heterocycles. The van der Waals surface area contributed by atoms with Crippen LogP contribution in [0.3, 0.4) is 0 Å². The molecule has 9 heteroatoms. The molecule has 0 saturated carbocycles. The van der Waals surface area contributed by atoms with Gasteiger partial charge in [0.1, 0.15) is 0 Å². The molecule has 0 radical (unpaired) electrons. The van der Waals surface area contributed by atoms with Crippen LogP contribution in [0.2, 0.25) is 0 Å². The van der Waals surface area contributed by atoms with E-state index in [9.17, 15) is 39.5 Å². The number of hydrogen-bond acceptors (Lipinski definition) is 0. The van der Waals surface area contributed by atoms with Gasteiger partial charge in [0, 0.05) is 0 Å². The summed E-state index contributed by atoms with van der Waals surface area (Å²) in [7, 11) is 0. The van der Waals surface area contributed by atoms with E-state index in [0.717, 1.165) is 32.1 Å². The molecule has 0 aromatic carbocycles. The molecular formula is C21H35F9.